The smallest absolute Gasteiger partial charge is 0.326 e. The predicted molar refractivity (Wildman–Crippen MR) is 205 cm³/mol. The number of aryl methyl sites for hydroxylation is 1. The number of carbonyl (C=O) groups excluding carboxylic acids is 4. The fraction of sp³-hybridized carbons (Fsp3) is 0.842. The zero-order valence-electron chi connectivity index (χ0n) is 33.6. The van der Waals surface area contributed by atoms with Crippen molar-refractivity contribution in [2.24, 2.45) is 5.41 Å². The molecule has 1 atom stereocenters. The van der Waals surface area contributed by atoms with Crippen LogP contribution in [0.25, 0.3) is 0 Å². The Kier molecular flexibility index (Phi) is 29.4. The Hall–Kier alpha value is -3.54. The molecule has 1 rings (SSSR count). The maximum absolute atomic E-state index is 12.3. The van der Waals surface area contributed by atoms with Crippen molar-refractivity contribution in [3.05, 3.63) is 5.82 Å². The standard InChI is InChI=1S/C38H69N7O10/c1-38(2,3)32(46)29-54-27-25-53-24-22-40-36(49)30-55-28-26-52-23-21-39-34(47)20-19-31(37(50)51)41-35(48)18-16-14-12-10-8-6-4-5-7-9-11-13-15-17-33-42-44-45-43-33/h31H,4-30H2,1-3H3,(H,39,47)(H,40,49)(H,41,48)(H,50,51)(H,42,43,44,45). The number of nitrogens with zero attached hydrogens (tertiary/aromatic N) is 3. The summed E-state index contributed by atoms with van der Waals surface area (Å²) >= 11 is 0. The molecule has 17 heteroatoms. The fourth-order valence-corrected chi connectivity index (χ4v) is 5.26. The van der Waals surface area contributed by atoms with E-state index in [1.807, 2.05) is 20.8 Å². The summed E-state index contributed by atoms with van der Waals surface area (Å²) in [6, 6.07) is -1.12. The van der Waals surface area contributed by atoms with E-state index in [0.717, 1.165) is 37.9 Å². The molecule has 0 bridgehead atoms. The van der Waals surface area contributed by atoms with Gasteiger partial charge in [0.05, 0.1) is 39.6 Å². The first-order valence-electron chi connectivity index (χ1n) is 20.1. The van der Waals surface area contributed by atoms with Gasteiger partial charge in [0.2, 0.25) is 17.7 Å². The molecule has 17 nitrogen and oxygen atoms in total. The van der Waals surface area contributed by atoms with Crippen LogP contribution < -0.4 is 16.0 Å². The quantitative estimate of drug-likeness (QED) is 0.0610. The Bertz CT molecular complexity index is 1170. The van der Waals surface area contributed by atoms with Crippen LogP contribution in [-0.4, -0.2) is 127 Å². The van der Waals surface area contributed by atoms with E-state index in [2.05, 4.69) is 36.6 Å². The van der Waals surface area contributed by atoms with Crippen LogP contribution in [0.2, 0.25) is 0 Å². The van der Waals surface area contributed by atoms with Gasteiger partial charge in [-0.25, -0.2) is 9.89 Å². The van der Waals surface area contributed by atoms with Crippen molar-refractivity contribution in [3.8, 4) is 0 Å². The second kappa shape index (κ2) is 32.7. The summed E-state index contributed by atoms with van der Waals surface area (Å²) in [6.07, 6.45) is 16.0. The number of nitrogens with one attached hydrogen (secondary N) is 4. The van der Waals surface area contributed by atoms with Gasteiger partial charge < -0.3 is 40.0 Å². The number of H-pyrrole nitrogens is 1. The fourth-order valence-electron chi connectivity index (χ4n) is 5.26. The Balaban J connectivity index is 1.90. The molecule has 0 aromatic carbocycles. The van der Waals surface area contributed by atoms with Gasteiger partial charge in [-0.2, -0.15) is 0 Å². The van der Waals surface area contributed by atoms with Crippen LogP contribution >= 0.6 is 0 Å². The molecule has 55 heavy (non-hydrogen) atoms. The number of carboxylic acid groups (broad SMARTS) is 1. The van der Waals surface area contributed by atoms with E-state index in [4.69, 9.17) is 18.9 Å². The number of ether oxygens (including phenoxy) is 4. The van der Waals surface area contributed by atoms with Crippen LogP contribution in [0.4, 0.5) is 0 Å². The topological polar surface area (TPSA) is 233 Å². The molecule has 0 radical (unpaired) electrons. The molecule has 1 unspecified atom stereocenters. The Morgan fingerprint density at radius 1 is 0.636 bits per heavy atom. The predicted octanol–water partition coefficient (Wildman–Crippen LogP) is 3.47. The van der Waals surface area contributed by atoms with Gasteiger partial charge in [-0.15, -0.1) is 5.10 Å². The zero-order chi connectivity index (χ0) is 40.4. The summed E-state index contributed by atoms with van der Waals surface area (Å²) in [5, 5.41) is 31.2. The third kappa shape index (κ3) is 30.4. The number of aromatic nitrogens is 4. The Morgan fingerprint density at radius 2 is 1.15 bits per heavy atom. The van der Waals surface area contributed by atoms with Gasteiger partial charge >= 0.3 is 5.97 Å². The second-order valence-corrected chi connectivity index (χ2v) is 14.6. The molecule has 0 saturated heterocycles. The number of hydrogen-bond acceptors (Lipinski definition) is 12. The summed E-state index contributed by atoms with van der Waals surface area (Å²) in [7, 11) is 0. The van der Waals surface area contributed by atoms with Gasteiger partial charge in [0.1, 0.15) is 25.1 Å². The van der Waals surface area contributed by atoms with Crippen LogP contribution in [-0.2, 0) is 49.3 Å². The third-order valence-electron chi connectivity index (χ3n) is 8.68. The number of Topliss-reactive ketones (excluding diaryl/α,β-unsaturated/α-hetero) is 1. The van der Waals surface area contributed by atoms with Gasteiger partial charge in [0.25, 0.3) is 0 Å². The molecule has 0 aliphatic rings. The molecular formula is C38H69N7O10. The molecule has 0 aliphatic heterocycles. The maximum Gasteiger partial charge on any atom is 0.326 e. The lowest BCUT2D eigenvalue weighted by atomic mass is 9.91. The molecule has 3 amide bonds. The number of hydrogen-bond donors (Lipinski definition) is 5. The number of tetrazole rings is 1. The molecule has 0 spiro atoms. The number of ketones is 1. The molecule has 0 saturated carbocycles. The average molecular weight is 784 g/mol. The van der Waals surface area contributed by atoms with E-state index >= 15 is 0 Å². The molecule has 1 aromatic rings. The largest absolute Gasteiger partial charge is 0.480 e. The number of aromatic amines is 1. The number of unbranched alkanes of at least 4 members (excludes halogenated alkanes) is 12. The van der Waals surface area contributed by atoms with Gasteiger partial charge in [-0.3, -0.25) is 19.2 Å². The monoisotopic (exact) mass is 784 g/mol. The van der Waals surface area contributed by atoms with E-state index < -0.39 is 17.4 Å². The number of aliphatic carboxylic acids is 1. The molecule has 316 valence electrons. The SMILES string of the molecule is CC(C)(C)C(=O)COCCOCCNC(=O)COCCOCCNC(=O)CCC(NC(=O)CCCCCCCCCCCCCCCc1nnn[nH]1)C(=O)O. The van der Waals surface area contributed by atoms with Crippen molar-refractivity contribution in [1.29, 1.82) is 0 Å². The average Bonchev–Trinajstić information content (AvgIpc) is 3.67. The summed E-state index contributed by atoms with van der Waals surface area (Å²) in [5.74, 6) is -1.22. The summed E-state index contributed by atoms with van der Waals surface area (Å²) in [4.78, 5) is 59.7. The van der Waals surface area contributed by atoms with Crippen molar-refractivity contribution in [1.82, 2.24) is 36.6 Å². The molecule has 0 fully saturated rings. The van der Waals surface area contributed by atoms with Crippen molar-refractivity contribution in [2.75, 3.05) is 65.9 Å². The molecule has 1 aromatic heterocycles. The molecule has 0 aliphatic carbocycles. The highest BCUT2D eigenvalue weighted by Crippen LogP contribution is 2.15. The molecular weight excluding hydrogens is 714 g/mol. The minimum atomic E-state index is -1.17. The highest BCUT2D eigenvalue weighted by Gasteiger charge is 2.21. The Labute approximate surface area is 326 Å². The van der Waals surface area contributed by atoms with Crippen molar-refractivity contribution in [3.63, 3.8) is 0 Å². The van der Waals surface area contributed by atoms with Crippen LogP contribution in [0.1, 0.15) is 129 Å². The van der Waals surface area contributed by atoms with E-state index in [1.54, 1.807) is 0 Å². The second-order valence-electron chi connectivity index (χ2n) is 14.6. The first-order chi connectivity index (χ1) is 26.5. The Morgan fingerprint density at radius 3 is 1.67 bits per heavy atom. The first kappa shape index (κ1) is 49.5. The molecule has 5 N–H and O–H groups in total. The van der Waals surface area contributed by atoms with Crippen molar-refractivity contribution in [2.45, 2.75) is 136 Å². The van der Waals surface area contributed by atoms with Crippen molar-refractivity contribution >= 4 is 29.5 Å². The minimum Gasteiger partial charge on any atom is -0.480 e. The summed E-state index contributed by atoms with van der Waals surface area (Å²) in [6.45, 7) is 7.53. The van der Waals surface area contributed by atoms with E-state index in [1.165, 1.54) is 51.4 Å². The third-order valence-corrected chi connectivity index (χ3v) is 8.68. The van der Waals surface area contributed by atoms with Crippen LogP contribution in [0.15, 0.2) is 0 Å². The highest BCUT2D eigenvalue weighted by atomic mass is 16.5. The van der Waals surface area contributed by atoms with Gasteiger partial charge in [0.15, 0.2) is 5.78 Å². The highest BCUT2D eigenvalue weighted by molar-refractivity contribution is 5.85. The lowest BCUT2D eigenvalue weighted by Gasteiger charge is -2.16. The van der Waals surface area contributed by atoms with Crippen LogP contribution in [0.3, 0.4) is 0 Å². The number of rotatable bonds is 37. The lowest BCUT2D eigenvalue weighted by molar-refractivity contribution is -0.142. The van der Waals surface area contributed by atoms with Crippen LogP contribution in [0.5, 0.6) is 0 Å². The van der Waals surface area contributed by atoms with E-state index in [-0.39, 0.29) is 82.3 Å². The van der Waals surface area contributed by atoms with Gasteiger partial charge in [0, 0.05) is 37.8 Å². The van der Waals surface area contributed by atoms with Gasteiger partial charge in [-0.05, 0) is 29.7 Å². The van der Waals surface area contributed by atoms with E-state index in [0.29, 0.717) is 32.8 Å². The maximum atomic E-state index is 12.3. The van der Waals surface area contributed by atoms with Gasteiger partial charge in [-0.1, -0.05) is 91.4 Å². The minimum absolute atomic E-state index is 0.00828. The summed E-state index contributed by atoms with van der Waals surface area (Å²) in [5.41, 5.74) is -0.433. The first-order valence-corrected chi connectivity index (χ1v) is 20.1. The van der Waals surface area contributed by atoms with E-state index in [9.17, 15) is 29.1 Å². The van der Waals surface area contributed by atoms with Crippen LogP contribution in [0, 0.1) is 5.41 Å². The number of amides is 3. The number of carbonyl (C=O) groups is 5. The summed E-state index contributed by atoms with van der Waals surface area (Å²) < 4.78 is 21.3. The molecule has 1 heterocycles. The van der Waals surface area contributed by atoms with Crippen molar-refractivity contribution < 1.29 is 48.0 Å². The normalized spacial score (nSPS) is 12.0. The zero-order valence-corrected chi connectivity index (χ0v) is 33.6. The lowest BCUT2D eigenvalue weighted by Crippen LogP contribution is -2.41. The number of carboxylic acids is 1.